The molecular weight excluding hydrogens is 284 g/mol. The molecule has 0 bridgehead atoms. The molecule has 4 rings (SSSR count). The Hall–Kier alpha value is -1.64. The first-order chi connectivity index (χ1) is 11.2. The molecule has 1 aliphatic carbocycles. The number of aromatic nitrogens is 1. The zero-order valence-corrected chi connectivity index (χ0v) is 13.9. The number of fused-ring (bicyclic) bond motifs is 3. The molecule has 0 N–H and O–H groups in total. The lowest BCUT2D eigenvalue weighted by molar-refractivity contribution is -0.129. The average molecular weight is 310 g/mol. The molecule has 1 saturated carbocycles. The first kappa shape index (κ1) is 14.9. The minimum absolute atomic E-state index is 0.0360. The number of piperidine rings is 1. The second kappa shape index (κ2) is 5.77. The van der Waals surface area contributed by atoms with Gasteiger partial charge in [-0.05, 0) is 61.8 Å². The Bertz CT molecular complexity index is 611. The first-order valence-electron chi connectivity index (χ1n) is 9.10. The lowest BCUT2D eigenvalue weighted by Gasteiger charge is -2.59. The molecule has 3 heteroatoms. The topological polar surface area (TPSA) is 33.2 Å². The Labute approximate surface area is 138 Å². The lowest BCUT2D eigenvalue weighted by Crippen LogP contribution is -2.64. The van der Waals surface area contributed by atoms with Crippen molar-refractivity contribution in [3.05, 3.63) is 42.4 Å². The molecule has 1 saturated heterocycles. The Morgan fingerprint density at radius 2 is 2.00 bits per heavy atom. The zero-order chi connectivity index (χ0) is 15.9. The van der Waals surface area contributed by atoms with Crippen LogP contribution in [0, 0.1) is 11.8 Å². The van der Waals surface area contributed by atoms with Crippen molar-refractivity contribution >= 4 is 5.78 Å². The highest BCUT2D eigenvalue weighted by Crippen LogP contribution is 2.48. The van der Waals surface area contributed by atoms with Gasteiger partial charge in [0.25, 0.3) is 0 Å². The van der Waals surface area contributed by atoms with Gasteiger partial charge in [-0.15, -0.1) is 0 Å². The number of nitrogens with zero attached hydrogens (tertiary/aromatic N) is 2. The number of hydrogen-bond acceptors (Lipinski definition) is 3. The van der Waals surface area contributed by atoms with E-state index < -0.39 is 0 Å². The van der Waals surface area contributed by atoms with Crippen LogP contribution in [0.3, 0.4) is 0 Å². The van der Waals surface area contributed by atoms with Crippen molar-refractivity contribution < 1.29 is 4.79 Å². The van der Waals surface area contributed by atoms with Gasteiger partial charge in [0.2, 0.25) is 0 Å². The molecule has 1 aromatic heterocycles. The third kappa shape index (κ3) is 2.41. The van der Waals surface area contributed by atoms with Gasteiger partial charge in [0, 0.05) is 30.6 Å². The molecule has 0 spiro atoms. The SMILES string of the molecule is CC1C(=O)C=CN2C3CCCCC3CCC12Cc1ccncc1. The summed E-state index contributed by atoms with van der Waals surface area (Å²) in [5, 5.41) is 0. The molecule has 3 nitrogen and oxygen atoms in total. The van der Waals surface area contributed by atoms with Crippen LogP contribution >= 0.6 is 0 Å². The second-order valence-corrected chi connectivity index (χ2v) is 7.63. The average Bonchev–Trinajstić information content (AvgIpc) is 2.59. The number of carbonyl (C=O) groups excluding carboxylic acids is 1. The van der Waals surface area contributed by atoms with E-state index in [2.05, 4.69) is 35.1 Å². The Balaban J connectivity index is 1.73. The van der Waals surface area contributed by atoms with E-state index in [1.54, 1.807) is 0 Å². The maximum atomic E-state index is 12.5. The van der Waals surface area contributed by atoms with Crippen molar-refractivity contribution in [2.24, 2.45) is 11.8 Å². The molecule has 0 radical (unpaired) electrons. The molecule has 4 unspecified atom stereocenters. The van der Waals surface area contributed by atoms with Gasteiger partial charge in [0.05, 0.1) is 5.54 Å². The minimum atomic E-state index is -0.0360. The smallest absolute Gasteiger partial charge is 0.162 e. The fourth-order valence-electron chi connectivity index (χ4n) is 5.23. The van der Waals surface area contributed by atoms with Crippen LogP contribution in [0.4, 0.5) is 0 Å². The summed E-state index contributed by atoms with van der Waals surface area (Å²) in [6.07, 6.45) is 16.4. The first-order valence-corrected chi connectivity index (χ1v) is 9.10. The predicted octanol–water partition coefficient (Wildman–Crippen LogP) is 3.75. The quantitative estimate of drug-likeness (QED) is 0.834. The van der Waals surface area contributed by atoms with Crippen LogP contribution in [-0.4, -0.2) is 27.2 Å². The molecule has 0 aromatic carbocycles. The highest BCUT2D eigenvalue weighted by molar-refractivity contribution is 5.93. The monoisotopic (exact) mass is 310 g/mol. The van der Waals surface area contributed by atoms with Crippen molar-refractivity contribution in [2.75, 3.05) is 0 Å². The van der Waals surface area contributed by atoms with Gasteiger partial charge in [0.15, 0.2) is 5.78 Å². The molecule has 23 heavy (non-hydrogen) atoms. The van der Waals surface area contributed by atoms with E-state index in [1.165, 1.54) is 37.7 Å². The summed E-state index contributed by atoms with van der Waals surface area (Å²) in [5.74, 6) is 1.19. The molecule has 1 aromatic rings. The number of allylic oxidation sites excluding steroid dienone is 1. The van der Waals surface area contributed by atoms with E-state index in [9.17, 15) is 4.79 Å². The highest BCUT2D eigenvalue weighted by atomic mass is 16.1. The number of pyridine rings is 1. The van der Waals surface area contributed by atoms with E-state index in [1.807, 2.05) is 18.5 Å². The normalized spacial score (nSPS) is 36.5. The predicted molar refractivity (Wildman–Crippen MR) is 90.8 cm³/mol. The largest absolute Gasteiger partial charge is 0.367 e. The summed E-state index contributed by atoms with van der Waals surface area (Å²) in [4.78, 5) is 19.2. The molecule has 0 amide bonds. The van der Waals surface area contributed by atoms with Crippen molar-refractivity contribution in [3.63, 3.8) is 0 Å². The summed E-state index contributed by atoms with van der Waals surface area (Å²) < 4.78 is 0. The Morgan fingerprint density at radius 3 is 2.83 bits per heavy atom. The zero-order valence-electron chi connectivity index (χ0n) is 13.9. The van der Waals surface area contributed by atoms with E-state index in [0.29, 0.717) is 11.8 Å². The van der Waals surface area contributed by atoms with E-state index in [0.717, 1.165) is 18.8 Å². The van der Waals surface area contributed by atoms with Crippen molar-refractivity contribution in [1.29, 1.82) is 0 Å². The Morgan fingerprint density at radius 1 is 1.22 bits per heavy atom. The summed E-state index contributed by atoms with van der Waals surface area (Å²) in [7, 11) is 0. The van der Waals surface area contributed by atoms with Crippen LogP contribution in [0.15, 0.2) is 36.8 Å². The summed E-state index contributed by atoms with van der Waals surface area (Å²) in [5.41, 5.74) is 1.26. The van der Waals surface area contributed by atoms with Crippen molar-refractivity contribution in [2.45, 2.75) is 63.5 Å². The summed E-state index contributed by atoms with van der Waals surface area (Å²) >= 11 is 0. The van der Waals surface area contributed by atoms with E-state index >= 15 is 0 Å². The highest BCUT2D eigenvalue weighted by Gasteiger charge is 2.52. The van der Waals surface area contributed by atoms with Gasteiger partial charge in [-0.25, -0.2) is 0 Å². The number of hydrogen-bond donors (Lipinski definition) is 0. The van der Waals surface area contributed by atoms with Gasteiger partial charge in [-0.2, -0.15) is 0 Å². The van der Waals surface area contributed by atoms with Crippen molar-refractivity contribution in [3.8, 4) is 0 Å². The molecular formula is C20H26N2O. The molecule has 2 aliphatic heterocycles. The molecule has 2 fully saturated rings. The van der Waals surface area contributed by atoms with Crippen LogP contribution in [0.2, 0.25) is 0 Å². The van der Waals surface area contributed by atoms with Gasteiger partial charge in [0.1, 0.15) is 0 Å². The van der Waals surface area contributed by atoms with Crippen LogP contribution < -0.4 is 0 Å². The van der Waals surface area contributed by atoms with E-state index in [-0.39, 0.29) is 11.5 Å². The van der Waals surface area contributed by atoms with Crippen LogP contribution in [0.1, 0.15) is 51.0 Å². The number of rotatable bonds is 2. The minimum Gasteiger partial charge on any atom is -0.367 e. The third-order valence-electron chi connectivity index (χ3n) is 6.58. The second-order valence-electron chi connectivity index (χ2n) is 7.63. The molecule has 3 heterocycles. The number of carbonyl (C=O) groups is 1. The van der Waals surface area contributed by atoms with E-state index in [4.69, 9.17) is 0 Å². The third-order valence-corrected chi connectivity index (χ3v) is 6.58. The summed E-state index contributed by atoms with van der Waals surface area (Å²) in [6, 6.07) is 4.84. The number of ketones is 1. The maximum absolute atomic E-state index is 12.5. The fraction of sp³-hybridized carbons (Fsp3) is 0.600. The van der Waals surface area contributed by atoms with Gasteiger partial charge < -0.3 is 4.90 Å². The fourth-order valence-corrected chi connectivity index (χ4v) is 5.23. The lowest BCUT2D eigenvalue weighted by atomic mass is 9.64. The van der Waals surface area contributed by atoms with Crippen LogP contribution in [0.5, 0.6) is 0 Å². The standard InChI is InChI=1S/C20H26N2O/c1-15-19(23)9-13-22-18-5-3-2-4-17(18)6-10-20(15,22)14-16-7-11-21-12-8-16/h7-9,11-13,15,17-18H,2-6,10,14H2,1H3. The van der Waals surface area contributed by atoms with Gasteiger partial charge in [-0.1, -0.05) is 19.8 Å². The summed E-state index contributed by atoms with van der Waals surface area (Å²) in [6.45, 7) is 2.14. The van der Waals surface area contributed by atoms with Crippen LogP contribution in [-0.2, 0) is 11.2 Å². The molecule has 3 aliphatic rings. The molecule has 4 atom stereocenters. The van der Waals surface area contributed by atoms with Gasteiger partial charge in [-0.3, -0.25) is 9.78 Å². The molecule has 122 valence electrons. The van der Waals surface area contributed by atoms with Crippen LogP contribution in [0.25, 0.3) is 0 Å². The van der Waals surface area contributed by atoms with Gasteiger partial charge >= 0.3 is 0 Å². The maximum Gasteiger partial charge on any atom is 0.162 e. The Kier molecular flexibility index (Phi) is 3.74. The van der Waals surface area contributed by atoms with Crippen molar-refractivity contribution in [1.82, 2.24) is 9.88 Å².